The van der Waals surface area contributed by atoms with Gasteiger partial charge in [-0.1, -0.05) is 29.8 Å². The lowest BCUT2D eigenvalue weighted by Gasteiger charge is -2.12. The van der Waals surface area contributed by atoms with Crippen LogP contribution >= 0.6 is 0 Å². The average molecular weight is 331 g/mol. The van der Waals surface area contributed by atoms with Gasteiger partial charge >= 0.3 is 0 Å². The molecule has 0 radical (unpaired) electrons. The number of aryl methyl sites for hydroxylation is 1. The van der Waals surface area contributed by atoms with Crippen LogP contribution in [0.2, 0.25) is 0 Å². The predicted molar refractivity (Wildman–Crippen MR) is 101 cm³/mol. The number of nitrogens with zero attached hydrogens (tertiary/aromatic N) is 3. The number of nitrogens with one attached hydrogen (secondary N) is 1. The van der Waals surface area contributed by atoms with Crippen LogP contribution in [0, 0.1) is 12.8 Å². The van der Waals surface area contributed by atoms with Gasteiger partial charge in [0.2, 0.25) is 5.95 Å². The number of nitrogen functional groups attached to an aromatic ring is 1. The van der Waals surface area contributed by atoms with E-state index in [-0.39, 0.29) is 0 Å². The van der Waals surface area contributed by atoms with Crippen molar-refractivity contribution in [2.24, 2.45) is 5.92 Å². The van der Waals surface area contributed by atoms with Crippen molar-refractivity contribution in [3.8, 4) is 22.4 Å². The van der Waals surface area contributed by atoms with Gasteiger partial charge in [-0.25, -0.2) is 15.0 Å². The zero-order chi connectivity index (χ0) is 17.2. The lowest BCUT2D eigenvalue weighted by atomic mass is 10.0. The van der Waals surface area contributed by atoms with Crippen molar-refractivity contribution in [1.29, 1.82) is 0 Å². The molecule has 0 spiro atoms. The molecule has 1 aliphatic rings. The third kappa shape index (κ3) is 3.60. The molecule has 0 aliphatic heterocycles. The molecule has 0 atom stereocenters. The van der Waals surface area contributed by atoms with E-state index in [1.54, 1.807) is 12.3 Å². The average Bonchev–Trinajstić information content (AvgIpc) is 3.46. The van der Waals surface area contributed by atoms with Crippen LogP contribution < -0.4 is 11.1 Å². The number of aromatic nitrogens is 3. The van der Waals surface area contributed by atoms with Crippen LogP contribution in [0.1, 0.15) is 18.4 Å². The molecule has 3 N–H and O–H groups in total. The summed E-state index contributed by atoms with van der Waals surface area (Å²) in [6.45, 7) is 3.02. The maximum atomic E-state index is 5.72. The van der Waals surface area contributed by atoms with Gasteiger partial charge in [0.05, 0.1) is 5.69 Å². The van der Waals surface area contributed by atoms with E-state index in [1.165, 1.54) is 18.4 Å². The molecule has 0 bridgehead atoms. The third-order valence-corrected chi connectivity index (χ3v) is 4.46. The second-order valence-electron chi connectivity index (χ2n) is 6.62. The number of nitrogens with two attached hydrogens (primary N) is 1. The maximum Gasteiger partial charge on any atom is 0.223 e. The topological polar surface area (TPSA) is 76.7 Å². The van der Waals surface area contributed by atoms with Gasteiger partial charge in [-0.05, 0) is 37.8 Å². The molecule has 126 valence electrons. The Morgan fingerprint density at radius 1 is 1.00 bits per heavy atom. The summed E-state index contributed by atoms with van der Waals surface area (Å²) in [5.74, 6) is 1.95. The molecule has 4 rings (SSSR count). The van der Waals surface area contributed by atoms with Crippen molar-refractivity contribution < 1.29 is 0 Å². The summed E-state index contributed by atoms with van der Waals surface area (Å²) >= 11 is 0. The quantitative estimate of drug-likeness (QED) is 0.741. The molecule has 2 aromatic heterocycles. The van der Waals surface area contributed by atoms with Gasteiger partial charge < -0.3 is 11.1 Å². The van der Waals surface area contributed by atoms with Crippen molar-refractivity contribution in [1.82, 2.24) is 15.0 Å². The molecule has 1 aromatic carbocycles. The number of benzene rings is 1. The Balaban J connectivity index is 1.75. The second-order valence-corrected chi connectivity index (χ2v) is 6.62. The van der Waals surface area contributed by atoms with Crippen LogP contribution in [0.3, 0.4) is 0 Å². The Morgan fingerprint density at radius 2 is 1.76 bits per heavy atom. The van der Waals surface area contributed by atoms with Gasteiger partial charge in [-0.15, -0.1) is 0 Å². The Labute approximate surface area is 147 Å². The summed E-state index contributed by atoms with van der Waals surface area (Å²) in [6, 6.07) is 12.1. The molecule has 1 fully saturated rings. The smallest absolute Gasteiger partial charge is 0.223 e. The summed E-state index contributed by atoms with van der Waals surface area (Å²) in [6.07, 6.45) is 6.23. The number of hydrogen-bond donors (Lipinski definition) is 2. The maximum absolute atomic E-state index is 5.72. The molecular formula is C20H21N5. The highest BCUT2D eigenvalue weighted by Crippen LogP contribution is 2.32. The highest BCUT2D eigenvalue weighted by Gasteiger charge is 2.21. The number of rotatable bonds is 5. The summed E-state index contributed by atoms with van der Waals surface area (Å²) in [7, 11) is 0. The number of pyridine rings is 1. The first-order valence-electron chi connectivity index (χ1n) is 8.59. The first-order chi connectivity index (χ1) is 12.2. The molecule has 1 aliphatic carbocycles. The van der Waals surface area contributed by atoms with E-state index < -0.39 is 0 Å². The van der Waals surface area contributed by atoms with Gasteiger partial charge in [0, 0.05) is 35.6 Å². The first kappa shape index (κ1) is 15.6. The van der Waals surface area contributed by atoms with E-state index in [4.69, 9.17) is 10.7 Å². The SMILES string of the molecule is Cc1ccc(-c2nc(NCC3CC3)ncc2-c2ccc(N)nc2)cc1. The zero-order valence-electron chi connectivity index (χ0n) is 14.2. The highest BCUT2D eigenvalue weighted by molar-refractivity contribution is 5.80. The second kappa shape index (κ2) is 6.51. The molecule has 1 saturated carbocycles. The van der Waals surface area contributed by atoms with E-state index in [1.807, 2.05) is 12.3 Å². The fraction of sp³-hybridized carbons (Fsp3) is 0.250. The van der Waals surface area contributed by atoms with E-state index in [0.29, 0.717) is 11.8 Å². The number of hydrogen-bond acceptors (Lipinski definition) is 5. The normalized spacial score (nSPS) is 13.6. The van der Waals surface area contributed by atoms with Crippen molar-refractivity contribution in [2.75, 3.05) is 17.6 Å². The summed E-state index contributed by atoms with van der Waals surface area (Å²) in [5, 5.41) is 3.36. The molecule has 5 nitrogen and oxygen atoms in total. The molecule has 2 heterocycles. The van der Waals surface area contributed by atoms with Gasteiger partial charge in [0.15, 0.2) is 0 Å². The van der Waals surface area contributed by atoms with Crippen LogP contribution in [-0.2, 0) is 0 Å². The van der Waals surface area contributed by atoms with Gasteiger partial charge in [0.1, 0.15) is 5.82 Å². The van der Waals surface area contributed by atoms with Crippen molar-refractivity contribution >= 4 is 11.8 Å². The summed E-state index contributed by atoms with van der Waals surface area (Å²) in [5.41, 5.74) is 10.8. The first-order valence-corrected chi connectivity index (χ1v) is 8.59. The van der Waals surface area contributed by atoms with Crippen molar-refractivity contribution in [2.45, 2.75) is 19.8 Å². The van der Waals surface area contributed by atoms with Crippen LogP contribution in [0.25, 0.3) is 22.4 Å². The molecule has 3 aromatic rings. The standard InChI is InChI=1S/C20H21N5/c1-13-2-6-15(7-3-13)19-17(16-8-9-18(21)22-11-16)12-24-20(25-19)23-10-14-4-5-14/h2-3,6-9,11-12,14H,4-5,10H2,1H3,(H2,21,22)(H,23,24,25). The fourth-order valence-corrected chi connectivity index (χ4v) is 2.73. The Hall–Kier alpha value is -2.95. The van der Waals surface area contributed by atoms with Gasteiger partial charge in [0.25, 0.3) is 0 Å². The minimum absolute atomic E-state index is 0.504. The molecule has 5 heteroatoms. The van der Waals surface area contributed by atoms with E-state index in [2.05, 4.69) is 46.5 Å². The summed E-state index contributed by atoms with van der Waals surface area (Å²) < 4.78 is 0. The van der Waals surface area contributed by atoms with Gasteiger partial charge in [-0.3, -0.25) is 0 Å². The molecule has 0 amide bonds. The van der Waals surface area contributed by atoms with Crippen LogP contribution in [0.15, 0.2) is 48.8 Å². The monoisotopic (exact) mass is 331 g/mol. The van der Waals surface area contributed by atoms with Gasteiger partial charge in [-0.2, -0.15) is 0 Å². The molecule has 0 unspecified atom stereocenters. The highest BCUT2D eigenvalue weighted by atomic mass is 15.1. The third-order valence-electron chi connectivity index (χ3n) is 4.46. The lowest BCUT2D eigenvalue weighted by Crippen LogP contribution is -2.08. The predicted octanol–water partition coefficient (Wildman–Crippen LogP) is 3.92. The Bertz CT molecular complexity index is 868. The van der Waals surface area contributed by atoms with E-state index in [0.717, 1.165) is 34.8 Å². The minimum Gasteiger partial charge on any atom is -0.384 e. The minimum atomic E-state index is 0.504. The Morgan fingerprint density at radius 3 is 2.44 bits per heavy atom. The molecule has 25 heavy (non-hydrogen) atoms. The summed E-state index contributed by atoms with van der Waals surface area (Å²) in [4.78, 5) is 13.5. The number of anilines is 2. The van der Waals surface area contributed by atoms with Crippen LogP contribution in [0.5, 0.6) is 0 Å². The Kier molecular flexibility index (Phi) is 4.06. The largest absolute Gasteiger partial charge is 0.384 e. The van der Waals surface area contributed by atoms with E-state index in [9.17, 15) is 0 Å². The zero-order valence-corrected chi connectivity index (χ0v) is 14.2. The lowest BCUT2D eigenvalue weighted by molar-refractivity contribution is 0.874. The fourth-order valence-electron chi connectivity index (χ4n) is 2.73. The van der Waals surface area contributed by atoms with Crippen molar-refractivity contribution in [3.63, 3.8) is 0 Å². The molecule has 0 saturated heterocycles. The van der Waals surface area contributed by atoms with Crippen molar-refractivity contribution in [3.05, 3.63) is 54.4 Å². The molecular weight excluding hydrogens is 310 g/mol. The van der Waals surface area contributed by atoms with Crippen LogP contribution in [-0.4, -0.2) is 21.5 Å². The van der Waals surface area contributed by atoms with E-state index >= 15 is 0 Å². The van der Waals surface area contributed by atoms with Crippen LogP contribution in [0.4, 0.5) is 11.8 Å².